The molecule has 0 aliphatic rings. The minimum Gasteiger partial charge on any atom is -0.497 e. The Morgan fingerprint density at radius 2 is 1.77 bits per heavy atom. The molecule has 0 bridgehead atoms. The lowest BCUT2D eigenvalue weighted by molar-refractivity contribution is -0.141. The van der Waals surface area contributed by atoms with Crippen LogP contribution in [0.4, 0.5) is 8.78 Å². The number of carbonyl (C=O) groups excluding carboxylic acids is 1. The summed E-state index contributed by atoms with van der Waals surface area (Å²) in [5.74, 6) is -3.69. The molecule has 0 aliphatic heterocycles. The molecule has 2 rings (SSSR count). The number of hydrogen-bond acceptors (Lipinski definition) is 3. The Balaban J connectivity index is 2.24. The van der Waals surface area contributed by atoms with Gasteiger partial charge in [0, 0.05) is 17.7 Å². The van der Waals surface area contributed by atoms with Crippen molar-refractivity contribution in [3.8, 4) is 16.9 Å². The highest BCUT2D eigenvalue weighted by atomic mass is 19.1. The van der Waals surface area contributed by atoms with Gasteiger partial charge < -0.3 is 15.2 Å². The number of rotatable bonds is 6. The SMILES string of the molecule is COc1ccc(-c2ccc(C(=O)NC(C)C(C)C(=O)O)c(F)c2)c(F)c1. The van der Waals surface area contributed by atoms with Gasteiger partial charge in [0.15, 0.2) is 0 Å². The van der Waals surface area contributed by atoms with Gasteiger partial charge in [0.25, 0.3) is 5.91 Å². The molecule has 2 unspecified atom stereocenters. The molecule has 0 fully saturated rings. The predicted octanol–water partition coefficient (Wildman–Crippen LogP) is 3.48. The molecule has 2 N–H and O–H groups in total. The molecule has 0 aliphatic carbocycles. The molecule has 1 amide bonds. The molecular weight excluding hydrogens is 344 g/mol. The molecule has 0 spiro atoms. The minimum atomic E-state index is -1.07. The number of carbonyl (C=O) groups is 2. The van der Waals surface area contributed by atoms with Crippen molar-refractivity contribution >= 4 is 11.9 Å². The number of benzene rings is 2. The number of ether oxygens (including phenoxy) is 1. The topological polar surface area (TPSA) is 75.6 Å². The van der Waals surface area contributed by atoms with E-state index < -0.39 is 35.5 Å². The molecular formula is C19H19F2NO4. The van der Waals surface area contributed by atoms with Crippen LogP contribution in [0.2, 0.25) is 0 Å². The Labute approximate surface area is 149 Å². The Morgan fingerprint density at radius 1 is 1.08 bits per heavy atom. The molecule has 2 aromatic rings. The van der Waals surface area contributed by atoms with E-state index in [1.165, 1.54) is 45.2 Å². The van der Waals surface area contributed by atoms with Crippen LogP contribution in [0.1, 0.15) is 24.2 Å². The van der Waals surface area contributed by atoms with Gasteiger partial charge in [-0.05, 0) is 43.7 Å². The fraction of sp³-hybridized carbons (Fsp3) is 0.263. The molecule has 0 saturated heterocycles. The van der Waals surface area contributed by atoms with Gasteiger partial charge in [0.05, 0.1) is 18.6 Å². The average Bonchev–Trinajstić information content (AvgIpc) is 2.60. The summed E-state index contributed by atoms with van der Waals surface area (Å²) in [7, 11) is 1.41. The van der Waals surface area contributed by atoms with Crippen LogP contribution in [0, 0.1) is 17.6 Å². The monoisotopic (exact) mass is 363 g/mol. The fourth-order valence-corrected chi connectivity index (χ4v) is 2.35. The summed E-state index contributed by atoms with van der Waals surface area (Å²) in [6.07, 6.45) is 0. The third kappa shape index (κ3) is 4.17. The van der Waals surface area contributed by atoms with Crippen LogP contribution in [-0.2, 0) is 4.79 Å². The lowest BCUT2D eigenvalue weighted by Gasteiger charge is -2.18. The van der Waals surface area contributed by atoms with Crippen molar-refractivity contribution in [1.29, 1.82) is 0 Å². The molecule has 7 heteroatoms. The zero-order valence-electron chi connectivity index (χ0n) is 14.5. The van der Waals surface area contributed by atoms with Crippen molar-refractivity contribution in [3.05, 3.63) is 53.6 Å². The van der Waals surface area contributed by atoms with Crippen LogP contribution in [0.15, 0.2) is 36.4 Å². The van der Waals surface area contributed by atoms with Crippen LogP contribution in [0.5, 0.6) is 5.75 Å². The first-order chi connectivity index (χ1) is 12.2. The maximum atomic E-state index is 14.3. The lowest BCUT2D eigenvalue weighted by Crippen LogP contribution is -2.40. The van der Waals surface area contributed by atoms with Crippen molar-refractivity contribution in [2.24, 2.45) is 5.92 Å². The number of aliphatic carboxylic acids is 1. The highest BCUT2D eigenvalue weighted by Gasteiger charge is 2.23. The molecule has 2 atom stereocenters. The van der Waals surface area contributed by atoms with E-state index in [9.17, 15) is 18.4 Å². The first-order valence-electron chi connectivity index (χ1n) is 7.91. The number of halogens is 2. The van der Waals surface area contributed by atoms with Crippen molar-refractivity contribution in [3.63, 3.8) is 0 Å². The maximum Gasteiger partial charge on any atom is 0.308 e. The predicted molar refractivity (Wildman–Crippen MR) is 92.1 cm³/mol. The summed E-state index contributed by atoms with van der Waals surface area (Å²) in [4.78, 5) is 23.1. The van der Waals surface area contributed by atoms with Gasteiger partial charge in [0.1, 0.15) is 17.4 Å². The number of carboxylic acids is 1. The highest BCUT2D eigenvalue weighted by molar-refractivity contribution is 5.95. The van der Waals surface area contributed by atoms with Gasteiger partial charge in [-0.25, -0.2) is 8.78 Å². The van der Waals surface area contributed by atoms with Crippen molar-refractivity contribution < 1.29 is 28.2 Å². The van der Waals surface area contributed by atoms with Gasteiger partial charge >= 0.3 is 5.97 Å². The number of hydrogen-bond donors (Lipinski definition) is 2. The molecule has 0 saturated carbocycles. The zero-order chi connectivity index (χ0) is 19.4. The first-order valence-corrected chi connectivity index (χ1v) is 7.91. The zero-order valence-corrected chi connectivity index (χ0v) is 14.5. The Kier molecular flexibility index (Phi) is 5.92. The third-order valence-electron chi connectivity index (χ3n) is 4.20. The molecule has 0 aromatic heterocycles. The summed E-state index contributed by atoms with van der Waals surface area (Å²) in [6, 6.07) is 7.23. The third-order valence-corrected chi connectivity index (χ3v) is 4.20. The van der Waals surface area contributed by atoms with Crippen LogP contribution in [-0.4, -0.2) is 30.1 Å². The molecule has 5 nitrogen and oxygen atoms in total. The smallest absolute Gasteiger partial charge is 0.308 e. The summed E-state index contributed by atoms with van der Waals surface area (Å²) in [5.41, 5.74) is 0.197. The van der Waals surface area contributed by atoms with E-state index in [-0.39, 0.29) is 16.7 Å². The van der Waals surface area contributed by atoms with Gasteiger partial charge in [-0.2, -0.15) is 0 Å². The van der Waals surface area contributed by atoms with E-state index in [2.05, 4.69) is 5.32 Å². The Morgan fingerprint density at radius 3 is 2.31 bits per heavy atom. The van der Waals surface area contributed by atoms with Crippen LogP contribution < -0.4 is 10.1 Å². The molecule has 26 heavy (non-hydrogen) atoms. The van der Waals surface area contributed by atoms with Crippen molar-refractivity contribution in [2.45, 2.75) is 19.9 Å². The van der Waals surface area contributed by atoms with Crippen molar-refractivity contribution in [2.75, 3.05) is 7.11 Å². The summed E-state index contributed by atoms with van der Waals surface area (Å²) >= 11 is 0. The quantitative estimate of drug-likeness (QED) is 0.824. The van der Waals surface area contributed by atoms with Gasteiger partial charge in [-0.15, -0.1) is 0 Å². The molecule has 2 aromatic carbocycles. The molecule has 0 heterocycles. The van der Waals surface area contributed by atoms with E-state index in [0.29, 0.717) is 5.75 Å². The normalized spacial score (nSPS) is 13.0. The second-order valence-electron chi connectivity index (χ2n) is 5.93. The van der Waals surface area contributed by atoms with E-state index in [0.717, 1.165) is 6.07 Å². The van der Waals surface area contributed by atoms with Gasteiger partial charge in [-0.3, -0.25) is 9.59 Å². The van der Waals surface area contributed by atoms with Crippen LogP contribution >= 0.6 is 0 Å². The standard InChI is InChI=1S/C19H19F2NO4/c1-10(19(24)25)11(2)22-18(23)15-6-4-12(8-16(15)20)14-7-5-13(26-3)9-17(14)21/h4-11H,1-3H3,(H,22,23)(H,24,25). The molecule has 0 radical (unpaired) electrons. The summed E-state index contributed by atoms with van der Waals surface area (Å²) < 4.78 is 33.4. The second kappa shape index (κ2) is 7.95. The number of methoxy groups -OCH3 is 1. The van der Waals surface area contributed by atoms with E-state index in [1.54, 1.807) is 6.07 Å². The first kappa shape index (κ1) is 19.4. The van der Waals surface area contributed by atoms with Crippen LogP contribution in [0.25, 0.3) is 11.1 Å². The minimum absolute atomic E-state index is 0.171. The Hall–Kier alpha value is -2.96. The van der Waals surface area contributed by atoms with E-state index >= 15 is 0 Å². The van der Waals surface area contributed by atoms with Crippen LogP contribution in [0.3, 0.4) is 0 Å². The maximum absolute atomic E-state index is 14.3. The number of carboxylic acid groups (broad SMARTS) is 1. The largest absolute Gasteiger partial charge is 0.497 e. The fourth-order valence-electron chi connectivity index (χ4n) is 2.35. The highest BCUT2D eigenvalue weighted by Crippen LogP contribution is 2.27. The van der Waals surface area contributed by atoms with Crippen molar-refractivity contribution in [1.82, 2.24) is 5.32 Å². The lowest BCUT2D eigenvalue weighted by atomic mass is 10.0. The Bertz CT molecular complexity index is 838. The molecule has 138 valence electrons. The van der Waals surface area contributed by atoms with Gasteiger partial charge in [-0.1, -0.05) is 6.07 Å². The number of nitrogens with one attached hydrogen (secondary N) is 1. The number of amides is 1. The summed E-state index contributed by atoms with van der Waals surface area (Å²) in [5, 5.41) is 11.4. The second-order valence-corrected chi connectivity index (χ2v) is 5.93. The summed E-state index contributed by atoms with van der Waals surface area (Å²) in [6.45, 7) is 2.97. The van der Waals surface area contributed by atoms with E-state index in [1.807, 2.05) is 0 Å². The van der Waals surface area contributed by atoms with Gasteiger partial charge in [0.2, 0.25) is 0 Å². The average molecular weight is 363 g/mol. The van der Waals surface area contributed by atoms with E-state index in [4.69, 9.17) is 9.84 Å².